The Hall–Kier alpha value is -0.770. The average Bonchev–Trinajstić information content (AvgIpc) is 2.19. The van der Waals surface area contributed by atoms with Gasteiger partial charge < -0.3 is 0 Å². The van der Waals surface area contributed by atoms with Gasteiger partial charge in [-0.05, 0) is 30.0 Å². The lowest BCUT2D eigenvalue weighted by Gasteiger charge is -2.12. The monoisotopic (exact) mass is 254 g/mol. The van der Waals surface area contributed by atoms with Crippen molar-refractivity contribution in [2.24, 2.45) is 5.92 Å². The SMILES string of the molecule is CC(CCl)Cc1ccc(F)c(C(F)(F)F)c1. The first kappa shape index (κ1) is 13.3. The molecule has 1 aromatic carbocycles. The molecule has 90 valence electrons. The van der Waals surface area contributed by atoms with Gasteiger partial charge in [-0.2, -0.15) is 13.2 Å². The van der Waals surface area contributed by atoms with Gasteiger partial charge in [0.2, 0.25) is 0 Å². The van der Waals surface area contributed by atoms with Crippen LogP contribution in [0.1, 0.15) is 18.1 Å². The van der Waals surface area contributed by atoms with Crippen LogP contribution in [0.3, 0.4) is 0 Å². The quantitative estimate of drug-likeness (QED) is 0.558. The summed E-state index contributed by atoms with van der Waals surface area (Å²) >= 11 is 5.57. The van der Waals surface area contributed by atoms with Crippen LogP contribution in [0.5, 0.6) is 0 Å². The normalized spacial score (nSPS) is 13.9. The minimum Gasteiger partial charge on any atom is -0.206 e. The summed E-state index contributed by atoms with van der Waals surface area (Å²) in [5.41, 5.74) is -0.770. The van der Waals surface area contributed by atoms with E-state index in [1.54, 1.807) is 0 Å². The van der Waals surface area contributed by atoms with Crippen LogP contribution in [0.25, 0.3) is 0 Å². The molecule has 0 N–H and O–H groups in total. The maximum Gasteiger partial charge on any atom is 0.419 e. The molecule has 0 aliphatic rings. The molecule has 0 fully saturated rings. The highest BCUT2D eigenvalue weighted by Crippen LogP contribution is 2.32. The molecule has 0 saturated heterocycles. The van der Waals surface area contributed by atoms with E-state index in [2.05, 4.69) is 0 Å². The molecule has 0 aromatic heterocycles. The first-order valence-corrected chi connectivity index (χ1v) is 5.29. The van der Waals surface area contributed by atoms with E-state index in [0.717, 1.165) is 12.1 Å². The molecule has 1 unspecified atom stereocenters. The Morgan fingerprint density at radius 2 is 1.94 bits per heavy atom. The molecular formula is C11H11ClF4. The maximum absolute atomic E-state index is 12.9. The Labute approximate surface area is 96.2 Å². The highest BCUT2D eigenvalue weighted by Gasteiger charge is 2.34. The molecule has 1 rings (SSSR count). The van der Waals surface area contributed by atoms with Crippen molar-refractivity contribution in [1.82, 2.24) is 0 Å². The molecule has 0 nitrogen and oxygen atoms in total. The van der Waals surface area contributed by atoms with Crippen molar-refractivity contribution in [3.63, 3.8) is 0 Å². The summed E-state index contributed by atoms with van der Waals surface area (Å²) < 4.78 is 50.1. The lowest BCUT2D eigenvalue weighted by atomic mass is 10.0. The molecule has 0 aliphatic heterocycles. The summed E-state index contributed by atoms with van der Waals surface area (Å²) in [6, 6.07) is 3.05. The van der Waals surface area contributed by atoms with Gasteiger partial charge in [-0.1, -0.05) is 13.0 Å². The van der Waals surface area contributed by atoms with Gasteiger partial charge >= 0.3 is 6.18 Å². The fourth-order valence-electron chi connectivity index (χ4n) is 1.37. The summed E-state index contributed by atoms with van der Waals surface area (Å²) in [7, 11) is 0. The minimum absolute atomic E-state index is 0.0632. The van der Waals surface area contributed by atoms with Crippen molar-refractivity contribution in [2.75, 3.05) is 5.88 Å². The topological polar surface area (TPSA) is 0 Å². The zero-order chi connectivity index (χ0) is 12.3. The number of alkyl halides is 4. The van der Waals surface area contributed by atoms with Gasteiger partial charge in [0.15, 0.2) is 0 Å². The molecular weight excluding hydrogens is 244 g/mol. The molecule has 1 atom stereocenters. The van der Waals surface area contributed by atoms with E-state index in [1.807, 2.05) is 6.92 Å². The lowest BCUT2D eigenvalue weighted by Crippen LogP contribution is -2.10. The molecule has 0 bridgehead atoms. The van der Waals surface area contributed by atoms with Crippen LogP contribution in [0.4, 0.5) is 17.6 Å². The minimum atomic E-state index is -4.65. The second kappa shape index (κ2) is 5.04. The highest BCUT2D eigenvalue weighted by molar-refractivity contribution is 6.18. The zero-order valence-electron chi connectivity index (χ0n) is 8.61. The molecule has 1 aromatic rings. The molecule has 0 radical (unpaired) electrons. The summed E-state index contributed by atoms with van der Waals surface area (Å²) in [5, 5.41) is 0. The standard InChI is InChI=1S/C11H11ClF4/c1-7(6-12)4-8-2-3-10(13)9(5-8)11(14,15)16/h2-3,5,7H,4,6H2,1H3. The molecule has 0 amide bonds. The van der Waals surface area contributed by atoms with Crippen molar-refractivity contribution in [1.29, 1.82) is 0 Å². The maximum atomic E-state index is 12.9. The fraction of sp³-hybridized carbons (Fsp3) is 0.455. The lowest BCUT2D eigenvalue weighted by molar-refractivity contribution is -0.140. The third-order valence-electron chi connectivity index (χ3n) is 2.18. The van der Waals surface area contributed by atoms with Gasteiger partial charge in [0, 0.05) is 5.88 Å². The van der Waals surface area contributed by atoms with E-state index in [4.69, 9.17) is 11.6 Å². The van der Waals surface area contributed by atoms with Gasteiger partial charge in [-0.15, -0.1) is 11.6 Å². The van der Waals surface area contributed by atoms with Crippen molar-refractivity contribution >= 4 is 11.6 Å². The van der Waals surface area contributed by atoms with E-state index in [1.165, 1.54) is 6.07 Å². The van der Waals surface area contributed by atoms with Gasteiger partial charge in [0.05, 0.1) is 5.56 Å². The second-order valence-corrected chi connectivity index (χ2v) is 4.08. The summed E-state index contributed by atoms with van der Waals surface area (Å²) in [6.07, 6.45) is -4.24. The van der Waals surface area contributed by atoms with E-state index in [-0.39, 0.29) is 5.92 Å². The van der Waals surface area contributed by atoms with Crippen LogP contribution in [0.2, 0.25) is 0 Å². The molecule has 0 saturated carbocycles. The zero-order valence-corrected chi connectivity index (χ0v) is 9.37. The molecule has 16 heavy (non-hydrogen) atoms. The predicted octanol–water partition coefficient (Wildman–Crippen LogP) is 4.26. The van der Waals surface area contributed by atoms with Crippen LogP contribution in [-0.4, -0.2) is 5.88 Å². The van der Waals surface area contributed by atoms with E-state index in [9.17, 15) is 17.6 Å². The van der Waals surface area contributed by atoms with Gasteiger partial charge in [0.25, 0.3) is 0 Å². The molecule has 0 aliphatic carbocycles. The fourth-order valence-corrected chi connectivity index (χ4v) is 1.48. The number of hydrogen-bond acceptors (Lipinski definition) is 0. The van der Waals surface area contributed by atoms with Crippen LogP contribution in [0.15, 0.2) is 18.2 Å². The Balaban J connectivity index is 2.99. The van der Waals surface area contributed by atoms with Gasteiger partial charge in [-0.25, -0.2) is 4.39 Å². The van der Waals surface area contributed by atoms with Gasteiger partial charge in [0.1, 0.15) is 5.82 Å². The summed E-state index contributed by atoms with van der Waals surface area (Å²) in [6.45, 7) is 1.82. The average molecular weight is 255 g/mol. The summed E-state index contributed by atoms with van der Waals surface area (Å²) in [4.78, 5) is 0. The van der Waals surface area contributed by atoms with Crippen molar-refractivity contribution in [3.8, 4) is 0 Å². The highest BCUT2D eigenvalue weighted by atomic mass is 35.5. The van der Waals surface area contributed by atoms with Crippen LogP contribution >= 0.6 is 11.6 Å². The molecule has 0 spiro atoms. The smallest absolute Gasteiger partial charge is 0.206 e. The first-order chi connectivity index (χ1) is 7.34. The number of rotatable bonds is 3. The van der Waals surface area contributed by atoms with Crippen molar-refractivity contribution in [3.05, 3.63) is 35.1 Å². The Kier molecular flexibility index (Phi) is 4.19. The van der Waals surface area contributed by atoms with Crippen LogP contribution in [-0.2, 0) is 12.6 Å². The first-order valence-electron chi connectivity index (χ1n) is 4.76. The number of halogens is 5. The molecule has 0 heterocycles. The van der Waals surface area contributed by atoms with E-state index in [0.29, 0.717) is 17.9 Å². The van der Waals surface area contributed by atoms with Crippen molar-refractivity contribution < 1.29 is 17.6 Å². The van der Waals surface area contributed by atoms with E-state index >= 15 is 0 Å². The summed E-state index contributed by atoms with van der Waals surface area (Å²) in [5.74, 6) is -0.818. The Morgan fingerprint density at radius 1 is 1.31 bits per heavy atom. The number of benzene rings is 1. The Bertz CT molecular complexity index is 359. The second-order valence-electron chi connectivity index (χ2n) is 3.78. The molecule has 5 heteroatoms. The number of hydrogen-bond donors (Lipinski definition) is 0. The van der Waals surface area contributed by atoms with E-state index < -0.39 is 17.6 Å². The third kappa shape index (κ3) is 3.37. The van der Waals surface area contributed by atoms with Crippen LogP contribution in [0, 0.1) is 11.7 Å². The van der Waals surface area contributed by atoms with Crippen molar-refractivity contribution in [2.45, 2.75) is 19.5 Å². The van der Waals surface area contributed by atoms with Crippen LogP contribution < -0.4 is 0 Å². The largest absolute Gasteiger partial charge is 0.419 e. The van der Waals surface area contributed by atoms with Gasteiger partial charge in [-0.3, -0.25) is 0 Å². The Morgan fingerprint density at radius 3 is 2.44 bits per heavy atom. The third-order valence-corrected chi connectivity index (χ3v) is 2.71. The predicted molar refractivity (Wildman–Crippen MR) is 55.0 cm³/mol.